The van der Waals surface area contributed by atoms with Crippen LogP contribution >= 0.6 is 0 Å². The van der Waals surface area contributed by atoms with Gasteiger partial charge in [0.15, 0.2) is 0 Å². The van der Waals surface area contributed by atoms with Crippen molar-refractivity contribution in [2.75, 3.05) is 30.8 Å². The highest BCUT2D eigenvalue weighted by Gasteiger charge is 2.31. The van der Waals surface area contributed by atoms with Crippen LogP contribution in [-0.4, -0.2) is 26.0 Å². The normalized spacial score (nSPS) is 17.6. The molecule has 2 rings (SSSR count). The molecule has 0 spiro atoms. The van der Waals surface area contributed by atoms with Crippen LogP contribution in [0, 0.1) is 5.41 Å². The van der Waals surface area contributed by atoms with Gasteiger partial charge < -0.3 is 16.0 Å². The van der Waals surface area contributed by atoms with Crippen LogP contribution in [0.5, 0.6) is 0 Å². The lowest BCUT2D eigenvalue weighted by atomic mass is 9.74. The number of anilines is 2. The maximum Gasteiger partial charge on any atom is 0.251 e. The van der Waals surface area contributed by atoms with Gasteiger partial charge in [-0.2, -0.15) is 0 Å². The summed E-state index contributed by atoms with van der Waals surface area (Å²) in [6, 6.07) is 5.53. The van der Waals surface area contributed by atoms with Crippen molar-refractivity contribution in [2.45, 2.75) is 39.5 Å². The number of hydrogen-bond acceptors (Lipinski definition) is 3. The van der Waals surface area contributed by atoms with Crippen LogP contribution in [0.4, 0.5) is 11.4 Å². The number of nitrogens with one attached hydrogen (secondary N) is 1. The van der Waals surface area contributed by atoms with Crippen molar-refractivity contribution in [2.24, 2.45) is 5.41 Å². The van der Waals surface area contributed by atoms with E-state index >= 15 is 0 Å². The third-order valence-electron chi connectivity index (χ3n) is 5.18. The zero-order valence-electron chi connectivity index (χ0n) is 13.4. The second-order valence-electron chi connectivity index (χ2n) is 6.05. The van der Waals surface area contributed by atoms with E-state index in [9.17, 15) is 4.79 Å². The molecule has 4 nitrogen and oxygen atoms in total. The molecule has 1 aromatic rings. The van der Waals surface area contributed by atoms with Gasteiger partial charge in [0.1, 0.15) is 0 Å². The van der Waals surface area contributed by atoms with E-state index in [1.807, 2.05) is 12.1 Å². The molecule has 1 aromatic carbocycles. The first-order valence-corrected chi connectivity index (χ1v) is 7.92. The number of nitrogens with zero attached hydrogens (tertiary/aromatic N) is 1. The quantitative estimate of drug-likeness (QED) is 0.838. The van der Waals surface area contributed by atoms with Gasteiger partial charge in [0, 0.05) is 25.7 Å². The first-order chi connectivity index (χ1) is 10.0. The minimum absolute atomic E-state index is 0.0651. The summed E-state index contributed by atoms with van der Waals surface area (Å²) >= 11 is 0. The van der Waals surface area contributed by atoms with Crippen LogP contribution < -0.4 is 16.0 Å². The number of carbonyl (C=O) groups excluding carboxylic acids is 1. The second kappa shape index (κ2) is 6.37. The highest BCUT2D eigenvalue weighted by atomic mass is 16.1. The summed E-state index contributed by atoms with van der Waals surface area (Å²) in [5, 5.41) is 2.66. The predicted molar refractivity (Wildman–Crippen MR) is 88.7 cm³/mol. The number of rotatable bonds is 4. The van der Waals surface area contributed by atoms with Crippen LogP contribution in [0.1, 0.15) is 49.9 Å². The highest BCUT2D eigenvalue weighted by Crippen LogP contribution is 2.40. The van der Waals surface area contributed by atoms with Crippen molar-refractivity contribution >= 4 is 17.3 Å². The highest BCUT2D eigenvalue weighted by molar-refractivity contribution is 5.96. The van der Waals surface area contributed by atoms with E-state index < -0.39 is 0 Å². The molecule has 3 N–H and O–H groups in total. The Kier molecular flexibility index (Phi) is 4.76. The maximum absolute atomic E-state index is 11.8. The zero-order chi connectivity index (χ0) is 15.5. The molecule has 1 aliphatic heterocycles. The number of nitrogen functional groups attached to an aromatic ring is 1. The molecule has 1 aliphatic rings. The van der Waals surface area contributed by atoms with Crippen LogP contribution in [-0.2, 0) is 0 Å². The van der Waals surface area contributed by atoms with Gasteiger partial charge in [-0.3, -0.25) is 4.79 Å². The van der Waals surface area contributed by atoms with Gasteiger partial charge in [0.25, 0.3) is 5.91 Å². The molecule has 1 saturated heterocycles. The van der Waals surface area contributed by atoms with Gasteiger partial charge in [0.2, 0.25) is 0 Å². The zero-order valence-corrected chi connectivity index (χ0v) is 13.4. The van der Waals surface area contributed by atoms with Crippen LogP contribution in [0.25, 0.3) is 0 Å². The molecular weight excluding hydrogens is 262 g/mol. The fourth-order valence-corrected chi connectivity index (χ4v) is 3.28. The Morgan fingerprint density at radius 2 is 1.90 bits per heavy atom. The number of carbonyl (C=O) groups is 1. The summed E-state index contributed by atoms with van der Waals surface area (Å²) in [7, 11) is 1.65. The monoisotopic (exact) mass is 289 g/mol. The Bertz CT molecular complexity index is 499. The van der Waals surface area contributed by atoms with Gasteiger partial charge >= 0.3 is 0 Å². The third-order valence-corrected chi connectivity index (χ3v) is 5.18. The number of piperidine rings is 1. The summed E-state index contributed by atoms with van der Waals surface area (Å²) in [6.07, 6.45) is 4.88. The van der Waals surface area contributed by atoms with E-state index in [4.69, 9.17) is 5.73 Å². The lowest BCUT2D eigenvalue weighted by Gasteiger charge is -2.42. The molecular formula is C17H27N3O. The molecule has 1 amide bonds. The van der Waals surface area contributed by atoms with Crippen molar-refractivity contribution < 1.29 is 4.79 Å². The van der Waals surface area contributed by atoms with E-state index in [0.717, 1.165) is 24.5 Å². The smallest absolute Gasteiger partial charge is 0.251 e. The van der Waals surface area contributed by atoms with E-state index in [-0.39, 0.29) is 5.91 Å². The van der Waals surface area contributed by atoms with Crippen molar-refractivity contribution in [3.63, 3.8) is 0 Å². The van der Waals surface area contributed by atoms with E-state index in [0.29, 0.717) is 11.0 Å². The first kappa shape index (κ1) is 15.7. The van der Waals surface area contributed by atoms with Gasteiger partial charge in [-0.1, -0.05) is 26.7 Å². The Balaban J connectivity index is 2.18. The molecule has 0 radical (unpaired) electrons. The van der Waals surface area contributed by atoms with Gasteiger partial charge in [-0.15, -0.1) is 0 Å². The molecule has 4 heteroatoms. The lowest BCUT2D eigenvalue weighted by molar-refractivity contribution is 0.0963. The Hall–Kier alpha value is -1.71. The summed E-state index contributed by atoms with van der Waals surface area (Å²) in [4.78, 5) is 14.1. The number of benzene rings is 1. The van der Waals surface area contributed by atoms with Crippen LogP contribution in [0.3, 0.4) is 0 Å². The molecule has 116 valence electrons. The minimum Gasteiger partial charge on any atom is -0.397 e. The van der Waals surface area contributed by atoms with Crippen molar-refractivity contribution in [1.29, 1.82) is 0 Å². The summed E-state index contributed by atoms with van der Waals surface area (Å²) in [5.74, 6) is -0.0651. The maximum atomic E-state index is 11.8. The fourth-order valence-electron chi connectivity index (χ4n) is 3.28. The van der Waals surface area contributed by atoms with E-state index in [1.54, 1.807) is 13.1 Å². The molecule has 21 heavy (non-hydrogen) atoms. The molecule has 1 fully saturated rings. The summed E-state index contributed by atoms with van der Waals surface area (Å²) < 4.78 is 0. The molecule has 0 aliphatic carbocycles. The van der Waals surface area contributed by atoms with Gasteiger partial charge in [0.05, 0.1) is 11.4 Å². The Morgan fingerprint density at radius 3 is 2.43 bits per heavy atom. The van der Waals surface area contributed by atoms with Crippen LogP contribution in [0.2, 0.25) is 0 Å². The van der Waals surface area contributed by atoms with Crippen LogP contribution in [0.15, 0.2) is 18.2 Å². The topological polar surface area (TPSA) is 58.4 Å². The number of nitrogens with two attached hydrogens (primary N) is 1. The molecule has 0 unspecified atom stereocenters. The SMILES string of the molecule is CCC1(CC)CCN(c2cc(C(=O)NC)ccc2N)CC1. The van der Waals surface area contributed by atoms with Crippen molar-refractivity contribution in [3.05, 3.63) is 23.8 Å². The summed E-state index contributed by atoms with van der Waals surface area (Å²) in [5.41, 5.74) is 9.03. The number of hydrogen-bond donors (Lipinski definition) is 2. The molecule has 0 bridgehead atoms. The van der Waals surface area contributed by atoms with Crippen molar-refractivity contribution in [3.8, 4) is 0 Å². The molecule has 0 atom stereocenters. The molecule has 1 heterocycles. The molecule has 0 aromatic heterocycles. The predicted octanol–water partition coefficient (Wildman–Crippen LogP) is 3.04. The molecule has 0 saturated carbocycles. The largest absolute Gasteiger partial charge is 0.397 e. The average Bonchev–Trinajstić information content (AvgIpc) is 2.55. The van der Waals surface area contributed by atoms with E-state index in [1.165, 1.54) is 25.7 Å². The third kappa shape index (κ3) is 3.14. The summed E-state index contributed by atoms with van der Waals surface area (Å²) in [6.45, 7) is 6.62. The van der Waals surface area contributed by atoms with E-state index in [2.05, 4.69) is 24.1 Å². The fraction of sp³-hybridized carbons (Fsp3) is 0.588. The van der Waals surface area contributed by atoms with Crippen molar-refractivity contribution in [1.82, 2.24) is 5.32 Å². The number of amides is 1. The van der Waals surface area contributed by atoms with Gasteiger partial charge in [-0.25, -0.2) is 0 Å². The van der Waals surface area contributed by atoms with Gasteiger partial charge in [-0.05, 0) is 36.5 Å². The standard InChI is InChI=1S/C17H27N3O/c1-4-17(5-2)8-10-20(11-9-17)15-12-13(16(21)19-3)6-7-14(15)18/h6-7,12H,4-5,8-11,18H2,1-3H3,(H,19,21). The average molecular weight is 289 g/mol. The minimum atomic E-state index is -0.0651. The lowest BCUT2D eigenvalue weighted by Crippen LogP contribution is -2.40. The first-order valence-electron chi connectivity index (χ1n) is 7.92. The Labute approximate surface area is 127 Å². The second-order valence-corrected chi connectivity index (χ2v) is 6.05. The Morgan fingerprint density at radius 1 is 1.29 bits per heavy atom.